The molecule has 5 nitrogen and oxygen atoms in total. The van der Waals surface area contributed by atoms with E-state index in [1.807, 2.05) is 63.2 Å². The van der Waals surface area contributed by atoms with Crippen molar-refractivity contribution in [3.05, 3.63) is 59.2 Å². The molecule has 2 rings (SSSR count). The lowest BCUT2D eigenvalue weighted by Crippen LogP contribution is -2.34. The van der Waals surface area contributed by atoms with Gasteiger partial charge < -0.3 is 5.32 Å². The number of hydrogen-bond donors (Lipinski definition) is 1. The molecule has 2 aromatic rings. The van der Waals surface area contributed by atoms with E-state index in [1.165, 1.54) is 10.6 Å². The van der Waals surface area contributed by atoms with Crippen molar-refractivity contribution in [2.45, 2.75) is 33.6 Å². The van der Waals surface area contributed by atoms with Crippen LogP contribution in [0, 0.1) is 13.8 Å². The van der Waals surface area contributed by atoms with Gasteiger partial charge in [-0.25, -0.2) is 8.42 Å². The van der Waals surface area contributed by atoms with Crippen LogP contribution in [0.4, 0.5) is 11.4 Å². The molecule has 26 heavy (non-hydrogen) atoms. The molecule has 2 aromatic carbocycles. The number of aryl methyl sites for hydroxylation is 3. The van der Waals surface area contributed by atoms with Crippen molar-refractivity contribution in [3.8, 4) is 0 Å². The minimum Gasteiger partial charge on any atom is -0.326 e. The first-order valence-corrected chi connectivity index (χ1v) is 10.5. The summed E-state index contributed by atoms with van der Waals surface area (Å²) in [5.41, 5.74) is 4.28. The number of anilines is 2. The number of hydrogen-bond acceptors (Lipinski definition) is 3. The summed E-state index contributed by atoms with van der Waals surface area (Å²) in [5.74, 6) is -0.212. The van der Waals surface area contributed by atoms with Crippen LogP contribution in [0.3, 0.4) is 0 Å². The van der Waals surface area contributed by atoms with Gasteiger partial charge in [-0.15, -0.1) is 0 Å². The van der Waals surface area contributed by atoms with Gasteiger partial charge in [0.1, 0.15) is 0 Å². The number of sulfonamides is 1. The predicted octanol–water partition coefficient (Wildman–Crippen LogP) is 3.66. The molecule has 0 radical (unpaired) electrons. The van der Waals surface area contributed by atoms with Crippen LogP contribution in [0.25, 0.3) is 0 Å². The van der Waals surface area contributed by atoms with E-state index < -0.39 is 10.0 Å². The third-order valence-corrected chi connectivity index (χ3v) is 5.36. The monoisotopic (exact) mass is 374 g/mol. The van der Waals surface area contributed by atoms with Crippen molar-refractivity contribution >= 4 is 27.3 Å². The Morgan fingerprint density at radius 3 is 2.42 bits per heavy atom. The number of carbonyl (C=O) groups is 1. The number of para-hydroxylation sites is 1. The van der Waals surface area contributed by atoms with Gasteiger partial charge in [-0.3, -0.25) is 9.10 Å². The minimum absolute atomic E-state index is 0.0818. The summed E-state index contributed by atoms with van der Waals surface area (Å²) >= 11 is 0. The minimum atomic E-state index is -3.49. The zero-order chi connectivity index (χ0) is 19.3. The largest absolute Gasteiger partial charge is 0.326 e. The SMILES string of the molecule is CCc1cccc(C)c1N(CCC(=O)Nc1cccc(C)c1)S(C)(=O)=O. The Bertz CT molecular complexity index is 892. The van der Waals surface area contributed by atoms with Crippen LogP contribution in [-0.4, -0.2) is 27.1 Å². The topological polar surface area (TPSA) is 66.5 Å². The molecule has 6 heteroatoms. The molecule has 0 atom stereocenters. The van der Waals surface area contributed by atoms with Crippen LogP contribution >= 0.6 is 0 Å². The molecule has 0 aliphatic rings. The van der Waals surface area contributed by atoms with E-state index in [4.69, 9.17) is 0 Å². The van der Waals surface area contributed by atoms with E-state index in [2.05, 4.69) is 5.32 Å². The number of rotatable bonds is 7. The Hall–Kier alpha value is -2.34. The first-order valence-electron chi connectivity index (χ1n) is 8.65. The fourth-order valence-corrected chi connectivity index (χ4v) is 3.97. The lowest BCUT2D eigenvalue weighted by molar-refractivity contribution is -0.116. The maximum atomic E-state index is 12.4. The molecule has 0 bridgehead atoms. The van der Waals surface area contributed by atoms with Gasteiger partial charge in [0.25, 0.3) is 0 Å². The summed E-state index contributed by atoms with van der Waals surface area (Å²) in [6, 6.07) is 13.2. The van der Waals surface area contributed by atoms with Crippen molar-refractivity contribution in [2.24, 2.45) is 0 Å². The molecular weight excluding hydrogens is 348 g/mol. The molecule has 1 N–H and O–H groups in total. The van der Waals surface area contributed by atoms with E-state index in [-0.39, 0.29) is 18.9 Å². The van der Waals surface area contributed by atoms with E-state index >= 15 is 0 Å². The quantitative estimate of drug-likeness (QED) is 0.804. The standard InChI is InChI=1S/C20H26N2O3S/c1-5-17-10-7-9-16(3)20(17)22(26(4,24)25)13-12-19(23)21-18-11-6-8-15(2)14-18/h6-11,14H,5,12-13H2,1-4H3,(H,21,23). The van der Waals surface area contributed by atoms with E-state index in [1.54, 1.807) is 0 Å². The zero-order valence-electron chi connectivity index (χ0n) is 15.7. The Kier molecular flexibility index (Phi) is 6.42. The lowest BCUT2D eigenvalue weighted by atomic mass is 10.1. The third-order valence-electron chi connectivity index (χ3n) is 4.20. The molecule has 1 amide bonds. The van der Waals surface area contributed by atoms with Gasteiger partial charge in [-0.05, 0) is 49.1 Å². The highest BCUT2D eigenvalue weighted by atomic mass is 32.2. The van der Waals surface area contributed by atoms with Crippen LogP contribution < -0.4 is 9.62 Å². The first kappa shape index (κ1) is 20.0. The lowest BCUT2D eigenvalue weighted by Gasteiger charge is -2.26. The second-order valence-electron chi connectivity index (χ2n) is 6.44. The molecule has 0 heterocycles. The van der Waals surface area contributed by atoms with Crippen molar-refractivity contribution in [1.82, 2.24) is 0 Å². The summed E-state index contributed by atoms with van der Waals surface area (Å²) in [4.78, 5) is 12.3. The first-order chi connectivity index (χ1) is 12.2. The van der Waals surface area contributed by atoms with Crippen LogP contribution in [0.1, 0.15) is 30.0 Å². The highest BCUT2D eigenvalue weighted by Crippen LogP contribution is 2.28. The molecule has 0 saturated heterocycles. The zero-order valence-corrected chi connectivity index (χ0v) is 16.6. The van der Waals surface area contributed by atoms with Gasteiger partial charge >= 0.3 is 0 Å². The van der Waals surface area contributed by atoms with Gasteiger partial charge in [-0.2, -0.15) is 0 Å². The Morgan fingerprint density at radius 2 is 1.81 bits per heavy atom. The second kappa shape index (κ2) is 8.36. The molecule has 0 aliphatic heterocycles. The summed E-state index contributed by atoms with van der Waals surface area (Å²) in [7, 11) is -3.49. The molecular formula is C20H26N2O3S. The van der Waals surface area contributed by atoms with Crippen LogP contribution in [-0.2, 0) is 21.2 Å². The fraction of sp³-hybridized carbons (Fsp3) is 0.350. The number of nitrogens with zero attached hydrogens (tertiary/aromatic N) is 1. The van der Waals surface area contributed by atoms with Crippen molar-refractivity contribution in [1.29, 1.82) is 0 Å². The van der Waals surface area contributed by atoms with E-state index in [9.17, 15) is 13.2 Å². The average molecular weight is 375 g/mol. The maximum absolute atomic E-state index is 12.4. The van der Waals surface area contributed by atoms with Crippen LogP contribution in [0.5, 0.6) is 0 Å². The normalized spacial score (nSPS) is 11.2. The third kappa shape index (κ3) is 5.08. The Balaban J connectivity index is 2.19. The van der Waals surface area contributed by atoms with Gasteiger partial charge in [-0.1, -0.05) is 37.3 Å². The molecule has 0 spiro atoms. The summed E-state index contributed by atoms with van der Waals surface area (Å²) in [5, 5.41) is 2.82. The predicted molar refractivity (Wildman–Crippen MR) is 107 cm³/mol. The molecule has 0 aliphatic carbocycles. The molecule has 0 aromatic heterocycles. The van der Waals surface area contributed by atoms with Gasteiger partial charge in [0.15, 0.2) is 0 Å². The van der Waals surface area contributed by atoms with Crippen LogP contribution in [0.15, 0.2) is 42.5 Å². The average Bonchev–Trinajstić information content (AvgIpc) is 2.55. The molecule has 0 unspecified atom stereocenters. The molecule has 140 valence electrons. The number of nitrogens with one attached hydrogen (secondary N) is 1. The number of carbonyl (C=O) groups excluding carboxylic acids is 1. The maximum Gasteiger partial charge on any atom is 0.232 e. The van der Waals surface area contributed by atoms with Crippen molar-refractivity contribution < 1.29 is 13.2 Å². The second-order valence-corrected chi connectivity index (χ2v) is 8.35. The number of benzene rings is 2. The van der Waals surface area contributed by atoms with E-state index in [0.29, 0.717) is 11.4 Å². The van der Waals surface area contributed by atoms with Crippen LogP contribution in [0.2, 0.25) is 0 Å². The smallest absolute Gasteiger partial charge is 0.232 e. The van der Waals surface area contributed by atoms with E-state index in [0.717, 1.165) is 23.1 Å². The van der Waals surface area contributed by atoms with Crippen molar-refractivity contribution in [3.63, 3.8) is 0 Å². The van der Waals surface area contributed by atoms with Gasteiger partial charge in [0, 0.05) is 18.7 Å². The molecule has 0 fully saturated rings. The highest BCUT2D eigenvalue weighted by molar-refractivity contribution is 7.92. The van der Waals surface area contributed by atoms with Crippen molar-refractivity contribution in [2.75, 3.05) is 22.4 Å². The molecule has 0 saturated carbocycles. The summed E-state index contributed by atoms with van der Waals surface area (Å²) < 4.78 is 26.1. The Labute approximate surface area is 156 Å². The van der Waals surface area contributed by atoms with Gasteiger partial charge in [0.05, 0.1) is 11.9 Å². The summed E-state index contributed by atoms with van der Waals surface area (Å²) in [6.07, 6.45) is 1.98. The summed E-state index contributed by atoms with van der Waals surface area (Å²) in [6.45, 7) is 5.93. The highest BCUT2D eigenvalue weighted by Gasteiger charge is 2.22. The fourth-order valence-electron chi connectivity index (χ4n) is 2.95. The Morgan fingerprint density at radius 1 is 1.12 bits per heavy atom. The van der Waals surface area contributed by atoms with Gasteiger partial charge in [0.2, 0.25) is 15.9 Å². The number of amides is 1.